The Hall–Kier alpha value is -2.58. The summed E-state index contributed by atoms with van der Waals surface area (Å²) in [5.74, 6) is -1.37. The Balaban J connectivity index is 1.85. The zero-order valence-corrected chi connectivity index (χ0v) is 23.5. The first-order valence-corrected chi connectivity index (χ1v) is 13.9. The molecule has 3 N–H and O–H groups in total. The van der Waals surface area contributed by atoms with Crippen LogP contribution in [-0.4, -0.2) is 36.1 Å². The first kappa shape index (κ1) is 30.0. The van der Waals surface area contributed by atoms with Crippen molar-refractivity contribution in [2.24, 2.45) is 10.9 Å². The minimum absolute atomic E-state index is 0.146. The summed E-state index contributed by atoms with van der Waals surface area (Å²) in [7, 11) is 0. The third kappa shape index (κ3) is 8.46. The molecule has 8 heteroatoms. The van der Waals surface area contributed by atoms with Crippen LogP contribution >= 0.6 is 0 Å². The molecule has 1 aromatic rings. The molecule has 2 fully saturated rings. The number of halogens is 2. The fourth-order valence-corrected chi connectivity index (χ4v) is 5.46. The van der Waals surface area contributed by atoms with E-state index in [-0.39, 0.29) is 35.4 Å². The van der Waals surface area contributed by atoms with Crippen LogP contribution in [0.2, 0.25) is 0 Å². The van der Waals surface area contributed by atoms with Crippen molar-refractivity contribution in [3.63, 3.8) is 0 Å². The first-order valence-electron chi connectivity index (χ1n) is 13.9. The highest BCUT2D eigenvalue weighted by Crippen LogP contribution is 2.31. The molecule has 1 aliphatic carbocycles. The lowest BCUT2D eigenvalue weighted by Gasteiger charge is -2.29. The van der Waals surface area contributed by atoms with E-state index >= 15 is 0 Å². The van der Waals surface area contributed by atoms with Crippen molar-refractivity contribution in [3.05, 3.63) is 59.2 Å². The van der Waals surface area contributed by atoms with Crippen LogP contribution in [0.5, 0.6) is 0 Å². The highest BCUT2D eigenvalue weighted by molar-refractivity contribution is 5.98. The van der Waals surface area contributed by atoms with Gasteiger partial charge in [-0.3, -0.25) is 14.9 Å². The van der Waals surface area contributed by atoms with Crippen LogP contribution in [0.1, 0.15) is 91.0 Å². The summed E-state index contributed by atoms with van der Waals surface area (Å²) in [5, 5.41) is 6.53. The minimum atomic E-state index is -0.592. The summed E-state index contributed by atoms with van der Waals surface area (Å²) >= 11 is 0. The van der Waals surface area contributed by atoms with Crippen LogP contribution in [-0.2, 0) is 9.63 Å². The third-order valence-corrected chi connectivity index (χ3v) is 7.75. The van der Waals surface area contributed by atoms with Gasteiger partial charge >= 0.3 is 0 Å². The second kappa shape index (κ2) is 13.5. The van der Waals surface area contributed by atoms with E-state index in [2.05, 4.69) is 42.6 Å². The number of benzene rings is 1. The molecule has 0 radical (unpaired) electrons. The molecule has 4 atom stereocenters. The molecule has 210 valence electrons. The predicted molar refractivity (Wildman–Crippen MR) is 149 cm³/mol. The molecule has 2 aliphatic rings. The monoisotopic (exact) mass is 530 g/mol. The second-order valence-corrected chi connectivity index (χ2v) is 11.2. The van der Waals surface area contributed by atoms with Crippen molar-refractivity contribution < 1.29 is 18.4 Å². The number of nitrogens with one attached hydrogen (secondary N) is 3. The van der Waals surface area contributed by atoms with Crippen molar-refractivity contribution in [1.29, 1.82) is 0 Å². The fourth-order valence-electron chi connectivity index (χ4n) is 5.46. The van der Waals surface area contributed by atoms with Gasteiger partial charge in [-0.2, -0.15) is 0 Å². The number of guanidine groups is 1. The molecular weight excluding hydrogens is 486 g/mol. The molecule has 6 nitrogen and oxygen atoms in total. The summed E-state index contributed by atoms with van der Waals surface area (Å²) < 4.78 is 28.3. The Bertz CT molecular complexity index is 1030. The van der Waals surface area contributed by atoms with Gasteiger partial charge in [0.25, 0.3) is 0 Å². The van der Waals surface area contributed by atoms with Crippen LogP contribution in [0.15, 0.2) is 47.0 Å². The van der Waals surface area contributed by atoms with Gasteiger partial charge in [0.2, 0.25) is 5.91 Å². The Morgan fingerprint density at radius 2 is 1.95 bits per heavy atom. The maximum absolute atomic E-state index is 14.2. The van der Waals surface area contributed by atoms with Crippen molar-refractivity contribution in [2.75, 3.05) is 6.54 Å². The Morgan fingerprint density at radius 3 is 2.50 bits per heavy atom. The summed E-state index contributed by atoms with van der Waals surface area (Å²) in [6.07, 6.45) is 8.11. The van der Waals surface area contributed by atoms with Crippen molar-refractivity contribution in [1.82, 2.24) is 16.1 Å². The van der Waals surface area contributed by atoms with Crippen LogP contribution in [0.25, 0.3) is 0 Å². The number of carbonyl (C=O) groups is 1. The number of carbonyl (C=O) groups excluding carboxylic acids is 1. The van der Waals surface area contributed by atoms with Gasteiger partial charge in [0, 0.05) is 18.2 Å². The lowest BCUT2D eigenvalue weighted by Crippen LogP contribution is -2.53. The smallest absolute Gasteiger partial charge is 0.233 e. The van der Waals surface area contributed by atoms with Crippen LogP contribution < -0.4 is 16.1 Å². The number of hydrogen-bond donors (Lipinski definition) is 3. The Kier molecular flexibility index (Phi) is 10.6. The van der Waals surface area contributed by atoms with Gasteiger partial charge in [-0.25, -0.2) is 19.3 Å². The number of hydrogen-bond acceptors (Lipinski definition) is 4. The molecule has 1 aromatic carbocycles. The van der Waals surface area contributed by atoms with Gasteiger partial charge in [-0.1, -0.05) is 38.0 Å². The van der Waals surface area contributed by atoms with E-state index in [0.29, 0.717) is 30.9 Å². The standard InChI is InChI=1S/C30H44F2N4O2/c1-7-22(19(2)3)10-11-23(24-15-25(31)17-26(32)16-24)14-20(4)34-29(36-30(6)12-8-9-13-30)35-28(37)27-18-33-38-21(27)5/h10,15-17,20-21,23,27,33H,2,7-9,11-14,18H2,1,3-6H3,(H2,34,35,36,37). The molecular formula is C30H44F2N4O2. The molecule has 0 spiro atoms. The van der Waals surface area contributed by atoms with E-state index < -0.39 is 11.6 Å². The molecule has 1 amide bonds. The zero-order chi connectivity index (χ0) is 27.9. The SMILES string of the molecule is C=C(C)C(=CCC(CC(C)N=C(NC(=O)C1CNOC1C)NC1(C)CCCC1)c1cc(F)cc(F)c1)CC. The summed E-state index contributed by atoms with van der Waals surface area (Å²) in [5.41, 5.74) is 5.37. The number of rotatable bonds is 10. The quantitative estimate of drug-likeness (QED) is 0.195. The zero-order valence-electron chi connectivity index (χ0n) is 23.5. The number of hydroxylamine groups is 1. The van der Waals surface area contributed by atoms with Gasteiger partial charge in [0.15, 0.2) is 5.96 Å². The van der Waals surface area contributed by atoms with E-state index in [0.717, 1.165) is 49.3 Å². The maximum Gasteiger partial charge on any atom is 0.233 e. The highest BCUT2D eigenvalue weighted by atomic mass is 19.1. The van der Waals surface area contributed by atoms with Gasteiger partial charge < -0.3 is 5.32 Å². The Morgan fingerprint density at radius 1 is 1.29 bits per heavy atom. The molecule has 1 saturated heterocycles. The first-order chi connectivity index (χ1) is 18.0. The molecule has 38 heavy (non-hydrogen) atoms. The summed E-state index contributed by atoms with van der Waals surface area (Å²) in [6.45, 7) is 14.5. The number of nitrogens with zero attached hydrogens (tertiary/aromatic N) is 1. The van der Waals surface area contributed by atoms with Crippen LogP contribution in [0, 0.1) is 17.6 Å². The third-order valence-electron chi connectivity index (χ3n) is 7.75. The highest BCUT2D eigenvalue weighted by Gasteiger charge is 2.34. The van der Waals surface area contributed by atoms with Crippen LogP contribution in [0.4, 0.5) is 8.78 Å². The number of amides is 1. The number of allylic oxidation sites excluding steroid dienone is 3. The lowest BCUT2D eigenvalue weighted by atomic mass is 9.88. The molecule has 0 bridgehead atoms. The molecule has 0 aromatic heterocycles. The van der Waals surface area contributed by atoms with E-state index in [9.17, 15) is 13.6 Å². The summed E-state index contributed by atoms with van der Waals surface area (Å²) in [4.78, 5) is 23.3. The molecule has 3 rings (SSSR count). The largest absolute Gasteiger partial charge is 0.351 e. The maximum atomic E-state index is 14.2. The van der Waals surface area contributed by atoms with Gasteiger partial charge in [-0.15, -0.1) is 0 Å². The molecule has 1 aliphatic heterocycles. The molecule has 1 heterocycles. The van der Waals surface area contributed by atoms with Crippen molar-refractivity contribution in [3.8, 4) is 0 Å². The molecule has 4 unspecified atom stereocenters. The van der Waals surface area contributed by atoms with E-state index in [4.69, 9.17) is 9.83 Å². The van der Waals surface area contributed by atoms with Gasteiger partial charge in [0.1, 0.15) is 11.6 Å². The van der Waals surface area contributed by atoms with E-state index in [1.807, 2.05) is 20.8 Å². The lowest BCUT2D eigenvalue weighted by molar-refractivity contribution is -0.124. The van der Waals surface area contributed by atoms with E-state index in [1.54, 1.807) is 0 Å². The average Bonchev–Trinajstić information content (AvgIpc) is 3.45. The predicted octanol–water partition coefficient (Wildman–Crippen LogP) is 6.06. The van der Waals surface area contributed by atoms with E-state index in [1.165, 1.54) is 12.1 Å². The normalized spacial score (nSPS) is 23.2. The van der Waals surface area contributed by atoms with Gasteiger partial charge in [0.05, 0.1) is 18.1 Å². The van der Waals surface area contributed by atoms with Gasteiger partial charge in [-0.05, 0) is 89.0 Å². The minimum Gasteiger partial charge on any atom is -0.351 e. The van der Waals surface area contributed by atoms with Crippen molar-refractivity contribution in [2.45, 2.75) is 103 Å². The second-order valence-electron chi connectivity index (χ2n) is 11.2. The Labute approximate surface area is 226 Å². The van der Waals surface area contributed by atoms with Crippen molar-refractivity contribution >= 4 is 11.9 Å². The molecule has 1 saturated carbocycles. The summed E-state index contributed by atoms with van der Waals surface area (Å²) in [6, 6.07) is 3.47. The van der Waals surface area contributed by atoms with Crippen LogP contribution in [0.3, 0.4) is 0 Å². The average molecular weight is 531 g/mol. The number of aliphatic imine (C=N–C) groups is 1. The fraction of sp³-hybridized carbons (Fsp3) is 0.600. The topological polar surface area (TPSA) is 74.8 Å².